The van der Waals surface area contributed by atoms with E-state index in [1.165, 1.54) is 12.8 Å². The molecular formula is C18H37IN4O2. The summed E-state index contributed by atoms with van der Waals surface area (Å²) in [5.74, 6) is 1.59. The number of rotatable bonds is 8. The van der Waals surface area contributed by atoms with Gasteiger partial charge in [0, 0.05) is 38.8 Å². The van der Waals surface area contributed by atoms with Crippen molar-refractivity contribution in [3.63, 3.8) is 0 Å². The highest BCUT2D eigenvalue weighted by Gasteiger charge is 2.22. The van der Waals surface area contributed by atoms with Gasteiger partial charge < -0.3 is 20.1 Å². The molecule has 2 fully saturated rings. The molecule has 0 aliphatic carbocycles. The highest BCUT2D eigenvalue weighted by atomic mass is 127. The quantitative estimate of drug-likeness (QED) is 0.325. The number of halogens is 1. The molecule has 0 spiro atoms. The lowest BCUT2D eigenvalue weighted by Crippen LogP contribution is -2.47. The van der Waals surface area contributed by atoms with Gasteiger partial charge in [0.1, 0.15) is 0 Å². The van der Waals surface area contributed by atoms with E-state index in [0.717, 1.165) is 64.9 Å². The summed E-state index contributed by atoms with van der Waals surface area (Å²) in [5, 5.41) is 6.80. The van der Waals surface area contributed by atoms with Crippen molar-refractivity contribution in [3.8, 4) is 0 Å². The van der Waals surface area contributed by atoms with E-state index in [2.05, 4.69) is 36.3 Å². The Morgan fingerprint density at radius 3 is 2.56 bits per heavy atom. The topological polar surface area (TPSA) is 58.1 Å². The lowest BCUT2D eigenvalue weighted by Gasteiger charge is -2.34. The van der Waals surface area contributed by atoms with Gasteiger partial charge in [-0.2, -0.15) is 0 Å². The van der Waals surface area contributed by atoms with Gasteiger partial charge in [-0.1, -0.05) is 13.8 Å². The van der Waals surface area contributed by atoms with Gasteiger partial charge in [0.15, 0.2) is 5.96 Å². The van der Waals surface area contributed by atoms with Crippen LogP contribution in [0.15, 0.2) is 4.99 Å². The average molecular weight is 468 g/mol. The summed E-state index contributed by atoms with van der Waals surface area (Å²) in [4.78, 5) is 7.40. The fourth-order valence-electron chi connectivity index (χ4n) is 3.38. The normalized spacial score (nSPS) is 23.4. The smallest absolute Gasteiger partial charge is 0.191 e. The Morgan fingerprint density at radius 2 is 1.96 bits per heavy atom. The van der Waals surface area contributed by atoms with Crippen LogP contribution in [0.3, 0.4) is 0 Å². The molecule has 2 aliphatic heterocycles. The fourth-order valence-corrected chi connectivity index (χ4v) is 3.38. The molecule has 2 saturated heterocycles. The summed E-state index contributed by atoms with van der Waals surface area (Å²) in [6.45, 7) is 13.9. The van der Waals surface area contributed by atoms with Crippen LogP contribution in [-0.2, 0) is 9.47 Å². The van der Waals surface area contributed by atoms with Crippen LogP contribution in [-0.4, -0.2) is 75.5 Å². The first kappa shape index (κ1) is 22.9. The lowest BCUT2D eigenvalue weighted by molar-refractivity contribution is 0.0143. The van der Waals surface area contributed by atoms with E-state index < -0.39 is 0 Å². The summed E-state index contributed by atoms with van der Waals surface area (Å²) in [6, 6.07) is 0.493. The van der Waals surface area contributed by atoms with Crippen LogP contribution in [0.4, 0.5) is 0 Å². The van der Waals surface area contributed by atoms with Crippen LogP contribution in [0.25, 0.3) is 0 Å². The lowest BCUT2D eigenvalue weighted by atomic mass is 10.0. The first-order valence-electron chi connectivity index (χ1n) is 9.64. The second-order valence-electron chi connectivity index (χ2n) is 7.17. The van der Waals surface area contributed by atoms with Crippen molar-refractivity contribution in [1.82, 2.24) is 15.5 Å². The van der Waals surface area contributed by atoms with E-state index in [4.69, 9.17) is 14.5 Å². The van der Waals surface area contributed by atoms with Gasteiger partial charge in [0.25, 0.3) is 0 Å². The molecule has 2 heterocycles. The highest BCUT2D eigenvalue weighted by molar-refractivity contribution is 14.0. The van der Waals surface area contributed by atoms with Crippen molar-refractivity contribution >= 4 is 29.9 Å². The molecule has 0 saturated carbocycles. The van der Waals surface area contributed by atoms with E-state index in [0.29, 0.717) is 18.1 Å². The number of guanidine groups is 1. The molecule has 2 atom stereocenters. The Morgan fingerprint density at radius 1 is 1.20 bits per heavy atom. The largest absolute Gasteiger partial charge is 0.379 e. The third kappa shape index (κ3) is 8.88. The Labute approximate surface area is 170 Å². The second kappa shape index (κ2) is 13.1. The van der Waals surface area contributed by atoms with Crippen LogP contribution in [0.2, 0.25) is 0 Å². The maximum absolute atomic E-state index is 5.69. The zero-order chi connectivity index (χ0) is 17.2. The Hall–Kier alpha value is -0.120. The molecule has 0 aromatic rings. The van der Waals surface area contributed by atoms with E-state index in [-0.39, 0.29) is 24.0 Å². The van der Waals surface area contributed by atoms with Crippen molar-refractivity contribution in [2.45, 2.75) is 52.2 Å². The first-order chi connectivity index (χ1) is 11.7. The molecule has 0 aromatic carbocycles. The van der Waals surface area contributed by atoms with Crippen molar-refractivity contribution in [2.75, 3.05) is 52.5 Å². The molecule has 7 heteroatoms. The second-order valence-corrected chi connectivity index (χ2v) is 7.17. The Balaban J connectivity index is 0.00000312. The molecule has 0 radical (unpaired) electrons. The minimum absolute atomic E-state index is 0. The number of hydrogen-bond acceptors (Lipinski definition) is 4. The standard InChI is InChI=1S/C18H36N4O2.HI/c1-4-19-18(21-14-17-6-5-9-24-17)20-13-16(12-15(2)3)22-7-10-23-11-8-22;/h15-17H,4-14H2,1-3H3,(H2,19,20,21);1H. The summed E-state index contributed by atoms with van der Waals surface area (Å²) in [6.07, 6.45) is 3.83. The van der Waals surface area contributed by atoms with Crippen LogP contribution >= 0.6 is 24.0 Å². The summed E-state index contributed by atoms with van der Waals surface area (Å²) >= 11 is 0. The predicted molar refractivity (Wildman–Crippen MR) is 114 cm³/mol. The summed E-state index contributed by atoms with van der Waals surface area (Å²) in [7, 11) is 0. The predicted octanol–water partition coefficient (Wildman–Crippen LogP) is 2.09. The van der Waals surface area contributed by atoms with Crippen LogP contribution < -0.4 is 10.6 Å². The summed E-state index contributed by atoms with van der Waals surface area (Å²) in [5.41, 5.74) is 0. The number of nitrogens with one attached hydrogen (secondary N) is 2. The minimum atomic E-state index is 0. The van der Waals surface area contributed by atoms with E-state index in [9.17, 15) is 0 Å². The molecule has 2 unspecified atom stereocenters. The third-order valence-electron chi connectivity index (χ3n) is 4.63. The van der Waals surface area contributed by atoms with Crippen molar-refractivity contribution in [2.24, 2.45) is 10.9 Å². The maximum atomic E-state index is 5.69. The van der Waals surface area contributed by atoms with Crippen LogP contribution in [0.1, 0.15) is 40.0 Å². The summed E-state index contributed by atoms with van der Waals surface area (Å²) < 4.78 is 11.2. The molecule has 25 heavy (non-hydrogen) atoms. The van der Waals surface area contributed by atoms with Crippen molar-refractivity contribution in [3.05, 3.63) is 0 Å². The van der Waals surface area contributed by atoms with Crippen molar-refractivity contribution in [1.29, 1.82) is 0 Å². The zero-order valence-electron chi connectivity index (χ0n) is 16.1. The van der Waals surface area contributed by atoms with Gasteiger partial charge in [0.05, 0.1) is 25.9 Å². The number of hydrogen-bond donors (Lipinski definition) is 2. The Kier molecular flexibility index (Phi) is 12.0. The highest BCUT2D eigenvalue weighted by Crippen LogP contribution is 2.14. The van der Waals surface area contributed by atoms with Crippen LogP contribution in [0, 0.1) is 5.92 Å². The monoisotopic (exact) mass is 468 g/mol. The maximum Gasteiger partial charge on any atom is 0.191 e. The van der Waals surface area contributed by atoms with Gasteiger partial charge in [0.2, 0.25) is 0 Å². The molecular weight excluding hydrogens is 431 g/mol. The molecule has 148 valence electrons. The average Bonchev–Trinajstić information content (AvgIpc) is 3.10. The molecule has 6 nitrogen and oxygen atoms in total. The zero-order valence-corrected chi connectivity index (χ0v) is 18.5. The number of morpholine rings is 1. The first-order valence-corrected chi connectivity index (χ1v) is 9.64. The third-order valence-corrected chi connectivity index (χ3v) is 4.63. The molecule has 0 aromatic heterocycles. The van der Waals surface area contributed by atoms with E-state index >= 15 is 0 Å². The van der Waals surface area contributed by atoms with E-state index in [1.807, 2.05) is 0 Å². The molecule has 2 N–H and O–H groups in total. The molecule has 2 aliphatic rings. The fraction of sp³-hybridized carbons (Fsp3) is 0.944. The molecule has 0 bridgehead atoms. The number of ether oxygens (including phenoxy) is 2. The minimum Gasteiger partial charge on any atom is -0.379 e. The molecule has 0 amide bonds. The SMILES string of the molecule is CCNC(=NCC(CC(C)C)N1CCOCC1)NCC1CCCO1.I. The van der Waals surface area contributed by atoms with Gasteiger partial charge in [-0.3, -0.25) is 9.89 Å². The van der Waals surface area contributed by atoms with Gasteiger partial charge in [-0.15, -0.1) is 24.0 Å². The number of nitrogens with zero attached hydrogens (tertiary/aromatic N) is 2. The van der Waals surface area contributed by atoms with Crippen molar-refractivity contribution < 1.29 is 9.47 Å². The van der Waals surface area contributed by atoms with Gasteiger partial charge in [-0.05, 0) is 32.1 Å². The Bertz CT molecular complexity index is 370. The van der Waals surface area contributed by atoms with Gasteiger partial charge >= 0.3 is 0 Å². The number of aliphatic imine (C=N–C) groups is 1. The molecule has 2 rings (SSSR count). The van der Waals surface area contributed by atoms with Gasteiger partial charge in [-0.25, -0.2) is 0 Å². The van der Waals surface area contributed by atoms with Crippen LogP contribution in [0.5, 0.6) is 0 Å². The van der Waals surface area contributed by atoms with E-state index in [1.54, 1.807) is 0 Å².